The first-order chi connectivity index (χ1) is 17.0. The van der Waals surface area contributed by atoms with E-state index >= 15 is 0 Å². The number of hydrogen-bond donors (Lipinski definition) is 2. The van der Waals surface area contributed by atoms with Crippen LogP contribution in [0.15, 0.2) is 48.5 Å². The van der Waals surface area contributed by atoms with Crippen LogP contribution in [0, 0.1) is 5.92 Å². The van der Waals surface area contributed by atoms with Crippen molar-refractivity contribution in [1.82, 2.24) is 10.2 Å². The van der Waals surface area contributed by atoms with E-state index in [9.17, 15) is 19.5 Å². The summed E-state index contributed by atoms with van der Waals surface area (Å²) in [6.07, 6.45) is 1.49. The third-order valence-electron chi connectivity index (χ3n) is 7.40. The Bertz CT molecular complexity index is 1070. The van der Waals surface area contributed by atoms with Crippen molar-refractivity contribution in [3.63, 3.8) is 0 Å². The number of carbonyl (C=O) groups excluding carboxylic acids is 2. The Morgan fingerprint density at radius 2 is 1.71 bits per heavy atom. The van der Waals surface area contributed by atoms with Crippen LogP contribution in [0.5, 0.6) is 0 Å². The summed E-state index contributed by atoms with van der Waals surface area (Å²) in [7, 11) is 0. The van der Waals surface area contributed by atoms with Crippen LogP contribution in [0.25, 0.3) is 11.1 Å². The second kappa shape index (κ2) is 10.1. The number of carbonyl (C=O) groups is 3. The van der Waals surface area contributed by atoms with Crippen LogP contribution in [-0.2, 0) is 19.1 Å². The maximum absolute atomic E-state index is 13.3. The predicted molar refractivity (Wildman–Crippen MR) is 128 cm³/mol. The SMILES string of the molecule is O=C(O)CC1COCCN1C(=O)[C@@H]1CCC[C@@H]1NC(=O)OCC1c2ccccc2-c2ccccc21. The van der Waals surface area contributed by atoms with Gasteiger partial charge in [0.1, 0.15) is 6.61 Å². The minimum Gasteiger partial charge on any atom is -0.481 e. The lowest BCUT2D eigenvalue weighted by molar-refractivity contribution is -0.149. The molecule has 2 N–H and O–H groups in total. The lowest BCUT2D eigenvalue weighted by Crippen LogP contribution is -2.54. The predicted octanol–water partition coefficient (Wildman–Crippen LogP) is 3.40. The molecule has 0 aromatic heterocycles. The van der Waals surface area contributed by atoms with Gasteiger partial charge in [0.05, 0.1) is 31.6 Å². The van der Waals surface area contributed by atoms with Crippen molar-refractivity contribution in [3.05, 3.63) is 59.7 Å². The summed E-state index contributed by atoms with van der Waals surface area (Å²) in [6, 6.07) is 15.5. The van der Waals surface area contributed by atoms with Crippen molar-refractivity contribution < 1.29 is 29.0 Å². The number of nitrogens with one attached hydrogen (secondary N) is 1. The molecule has 35 heavy (non-hydrogen) atoms. The minimum atomic E-state index is -0.960. The third-order valence-corrected chi connectivity index (χ3v) is 7.40. The Labute approximate surface area is 204 Å². The van der Waals surface area contributed by atoms with Gasteiger partial charge in [0.2, 0.25) is 5.91 Å². The van der Waals surface area contributed by atoms with Crippen molar-refractivity contribution in [1.29, 1.82) is 0 Å². The standard InChI is InChI=1S/C27H30N2O6/c30-25(31)14-17-15-34-13-12-29(17)26(32)22-10-5-11-24(22)28-27(33)35-16-23-20-8-3-1-6-18(20)19-7-2-4-9-21(19)23/h1-4,6-9,17,22-24H,5,10-16H2,(H,28,33)(H,30,31)/t17?,22-,24+/m1/s1. The average Bonchev–Trinajstić information content (AvgIpc) is 3.45. The van der Waals surface area contributed by atoms with Crippen molar-refractivity contribution in [2.75, 3.05) is 26.4 Å². The number of nitrogens with zero attached hydrogens (tertiary/aromatic N) is 1. The summed E-state index contributed by atoms with van der Waals surface area (Å²) in [6.45, 7) is 1.19. The zero-order chi connectivity index (χ0) is 24.4. The molecule has 3 aliphatic rings. The first kappa shape index (κ1) is 23.4. The molecular formula is C27H30N2O6. The number of amides is 2. The first-order valence-electron chi connectivity index (χ1n) is 12.2. The van der Waals surface area contributed by atoms with Gasteiger partial charge >= 0.3 is 12.1 Å². The number of morpholine rings is 1. The topological polar surface area (TPSA) is 105 Å². The highest BCUT2D eigenvalue weighted by molar-refractivity contribution is 5.82. The molecule has 1 aliphatic heterocycles. The van der Waals surface area contributed by atoms with Gasteiger partial charge in [-0.25, -0.2) is 4.79 Å². The number of alkyl carbamates (subject to hydrolysis) is 1. The van der Waals surface area contributed by atoms with E-state index in [-0.39, 0.29) is 43.4 Å². The van der Waals surface area contributed by atoms with Gasteiger partial charge in [-0.1, -0.05) is 55.0 Å². The average molecular weight is 479 g/mol. The highest BCUT2D eigenvalue weighted by Crippen LogP contribution is 2.44. The Morgan fingerprint density at radius 3 is 2.40 bits per heavy atom. The van der Waals surface area contributed by atoms with Gasteiger partial charge in [0.15, 0.2) is 0 Å². The van der Waals surface area contributed by atoms with Gasteiger partial charge in [0, 0.05) is 18.5 Å². The molecule has 8 nitrogen and oxygen atoms in total. The molecule has 0 spiro atoms. The van der Waals surface area contributed by atoms with E-state index in [4.69, 9.17) is 9.47 Å². The molecule has 5 rings (SSSR count). The summed E-state index contributed by atoms with van der Waals surface area (Å²) in [4.78, 5) is 38.9. The van der Waals surface area contributed by atoms with E-state index in [0.29, 0.717) is 26.0 Å². The molecule has 1 heterocycles. The van der Waals surface area contributed by atoms with E-state index in [1.165, 1.54) is 11.1 Å². The van der Waals surface area contributed by atoms with Crippen molar-refractivity contribution in [2.45, 2.75) is 43.7 Å². The van der Waals surface area contributed by atoms with E-state index < -0.39 is 18.1 Å². The molecule has 1 saturated heterocycles. The normalized spacial score (nSPS) is 23.4. The molecule has 2 aliphatic carbocycles. The summed E-state index contributed by atoms with van der Waals surface area (Å²) in [5, 5.41) is 12.1. The molecule has 2 aromatic carbocycles. The number of carboxylic acids is 1. The van der Waals surface area contributed by atoms with E-state index in [1.807, 2.05) is 24.3 Å². The number of ether oxygens (including phenoxy) is 2. The number of fused-ring (bicyclic) bond motifs is 3. The molecular weight excluding hydrogens is 448 g/mol. The van der Waals surface area contributed by atoms with Gasteiger partial charge in [-0.2, -0.15) is 0 Å². The quantitative estimate of drug-likeness (QED) is 0.659. The smallest absolute Gasteiger partial charge is 0.407 e. The number of carboxylic acid groups (broad SMARTS) is 1. The number of rotatable bonds is 6. The zero-order valence-electron chi connectivity index (χ0n) is 19.5. The van der Waals surface area contributed by atoms with Crippen LogP contribution in [-0.4, -0.2) is 66.4 Å². The van der Waals surface area contributed by atoms with Gasteiger partial charge in [0.25, 0.3) is 0 Å². The molecule has 1 unspecified atom stereocenters. The second-order valence-electron chi connectivity index (χ2n) is 9.47. The van der Waals surface area contributed by atoms with Crippen LogP contribution in [0.3, 0.4) is 0 Å². The largest absolute Gasteiger partial charge is 0.481 e. The molecule has 2 fully saturated rings. The fourth-order valence-electron chi connectivity index (χ4n) is 5.75. The van der Waals surface area contributed by atoms with Crippen LogP contribution < -0.4 is 5.32 Å². The van der Waals surface area contributed by atoms with Crippen molar-refractivity contribution >= 4 is 18.0 Å². The molecule has 2 amide bonds. The van der Waals surface area contributed by atoms with Gasteiger partial charge in [-0.05, 0) is 35.1 Å². The van der Waals surface area contributed by atoms with Crippen LogP contribution in [0.1, 0.15) is 42.7 Å². The van der Waals surface area contributed by atoms with E-state index in [2.05, 4.69) is 29.6 Å². The zero-order valence-corrected chi connectivity index (χ0v) is 19.5. The van der Waals surface area contributed by atoms with Gasteiger partial charge in [-0.3, -0.25) is 9.59 Å². The van der Waals surface area contributed by atoms with Crippen LogP contribution in [0.4, 0.5) is 4.79 Å². The molecule has 0 radical (unpaired) electrons. The Kier molecular flexibility index (Phi) is 6.72. The highest BCUT2D eigenvalue weighted by atomic mass is 16.5. The minimum absolute atomic E-state index is 0.0284. The number of hydrogen-bond acceptors (Lipinski definition) is 5. The Balaban J connectivity index is 1.22. The monoisotopic (exact) mass is 478 g/mol. The van der Waals surface area contributed by atoms with E-state index in [0.717, 1.165) is 17.5 Å². The fourth-order valence-corrected chi connectivity index (χ4v) is 5.75. The summed E-state index contributed by atoms with van der Waals surface area (Å²) in [5.74, 6) is -1.48. The molecule has 184 valence electrons. The number of benzene rings is 2. The maximum atomic E-state index is 13.3. The first-order valence-corrected chi connectivity index (χ1v) is 12.2. The van der Waals surface area contributed by atoms with Gasteiger partial charge < -0.3 is 24.8 Å². The van der Waals surface area contributed by atoms with Crippen molar-refractivity contribution in [3.8, 4) is 11.1 Å². The lowest BCUT2D eigenvalue weighted by atomic mass is 9.98. The maximum Gasteiger partial charge on any atom is 0.407 e. The van der Waals surface area contributed by atoms with Crippen molar-refractivity contribution in [2.24, 2.45) is 5.92 Å². The summed E-state index contributed by atoms with van der Waals surface area (Å²) >= 11 is 0. The lowest BCUT2D eigenvalue weighted by Gasteiger charge is -2.37. The van der Waals surface area contributed by atoms with Crippen LogP contribution in [0.2, 0.25) is 0 Å². The molecule has 8 heteroatoms. The fraction of sp³-hybridized carbons (Fsp3) is 0.444. The summed E-state index contributed by atoms with van der Waals surface area (Å²) < 4.78 is 11.1. The number of aliphatic carboxylic acids is 1. The molecule has 3 atom stereocenters. The summed E-state index contributed by atoms with van der Waals surface area (Å²) in [5.41, 5.74) is 4.62. The van der Waals surface area contributed by atoms with Gasteiger partial charge in [-0.15, -0.1) is 0 Å². The van der Waals surface area contributed by atoms with E-state index in [1.54, 1.807) is 4.90 Å². The Morgan fingerprint density at radius 1 is 1.03 bits per heavy atom. The molecule has 1 saturated carbocycles. The molecule has 2 aromatic rings. The highest BCUT2D eigenvalue weighted by Gasteiger charge is 2.40. The van der Waals surface area contributed by atoms with Crippen LogP contribution >= 0.6 is 0 Å². The third kappa shape index (κ3) is 4.75. The Hall–Kier alpha value is -3.39. The second-order valence-corrected chi connectivity index (χ2v) is 9.47. The molecule has 0 bridgehead atoms.